The first-order valence-electron chi connectivity index (χ1n) is 7.37. The van der Waals surface area contributed by atoms with Gasteiger partial charge in [-0.2, -0.15) is 0 Å². The summed E-state index contributed by atoms with van der Waals surface area (Å²) in [5.74, 6) is 0. The number of halogens is 1. The molecule has 2 N–H and O–H groups in total. The van der Waals surface area contributed by atoms with Crippen molar-refractivity contribution in [3.8, 4) is 0 Å². The highest BCUT2D eigenvalue weighted by atomic mass is 79.9. The van der Waals surface area contributed by atoms with Crippen LogP contribution in [0, 0.1) is 13.8 Å². The van der Waals surface area contributed by atoms with E-state index < -0.39 is 0 Å². The number of hydrogen-bond donors (Lipinski definition) is 1. The lowest BCUT2D eigenvalue weighted by Crippen LogP contribution is -2.56. The maximum Gasteiger partial charge on any atom is 0.0431 e. The molecule has 0 spiro atoms. The van der Waals surface area contributed by atoms with Crippen LogP contribution in [0.25, 0.3) is 0 Å². The lowest BCUT2D eigenvalue weighted by atomic mass is 9.81. The molecule has 2 fully saturated rings. The molecule has 1 aromatic rings. The maximum atomic E-state index is 6.23. The molecule has 2 aliphatic rings. The smallest absolute Gasteiger partial charge is 0.0431 e. The van der Waals surface area contributed by atoms with Crippen LogP contribution in [0.5, 0.6) is 0 Å². The van der Waals surface area contributed by atoms with Crippen molar-refractivity contribution < 1.29 is 0 Å². The third-order valence-electron chi connectivity index (χ3n) is 4.73. The average molecular weight is 323 g/mol. The van der Waals surface area contributed by atoms with E-state index in [0.29, 0.717) is 18.1 Å². The molecule has 2 atom stereocenters. The van der Waals surface area contributed by atoms with Crippen LogP contribution < -0.4 is 10.6 Å². The molecule has 0 radical (unpaired) electrons. The van der Waals surface area contributed by atoms with Gasteiger partial charge in [0.1, 0.15) is 0 Å². The molecule has 3 rings (SSSR count). The summed E-state index contributed by atoms with van der Waals surface area (Å²) in [6, 6.07) is 6.20. The van der Waals surface area contributed by atoms with Gasteiger partial charge in [0.2, 0.25) is 0 Å². The Balaban J connectivity index is 2.02. The van der Waals surface area contributed by atoms with Gasteiger partial charge >= 0.3 is 0 Å². The number of piperidine rings is 2. The number of benzene rings is 1. The van der Waals surface area contributed by atoms with Crippen molar-refractivity contribution in [1.82, 2.24) is 0 Å². The van der Waals surface area contributed by atoms with Gasteiger partial charge in [0.05, 0.1) is 0 Å². The lowest BCUT2D eigenvalue weighted by molar-refractivity contribution is 0.270. The average Bonchev–Trinajstić information content (AvgIpc) is 2.28. The predicted molar refractivity (Wildman–Crippen MR) is 84.7 cm³/mol. The van der Waals surface area contributed by atoms with Crippen LogP contribution in [0.4, 0.5) is 5.69 Å². The van der Waals surface area contributed by atoms with Crippen molar-refractivity contribution in [2.75, 3.05) is 4.90 Å². The topological polar surface area (TPSA) is 29.3 Å². The predicted octanol–water partition coefficient (Wildman–Crippen LogP) is 3.91. The fraction of sp³-hybridized carbons (Fsp3) is 0.625. The van der Waals surface area contributed by atoms with Crippen LogP contribution in [0.1, 0.15) is 43.2 Å². The van der Waals surface area contributed by atoms with E-state index in [1.807, 2.05) is 0 Å². The molecule has 2 nitrogen and oxygen atoms in total. The molecule has 2 aliphatic heterocycles. The highest BCUT2D eigenvalue weighted by Crippen LogP contribution is 2.40. The molecule has 0 aliphatic carbocycles. The first-order valence-corrected chi connectivity index (χ1v) is 8.16. The molecule has 1 aromatic carbocycles. The van der Waals surface area contributed by atoms with Gasteiger partial charge in [0.15, 0.2) is 0 Å². The Morgan fingerprint density at radius 2 is 1.63 bits per heavy atom. The third-order valence-corrected chi connectivity index (χ3v) is 5.18. The van der Waals surface area contributed by atoms with Crippen LogP contribution in [-0.2, 0) is 0 Å². The zero-order chi connectivity index (χ0) is 13.6. The number of anilines is 1. The lowest BCUT2D eigenvalue weighted by Gasteiger charge is -2.50. The molecular weight excluding hydrogens is 300 g/mol. The maximum absolute atomic E-state index is 6.23. The minimum absolute atomic E-state index is 0.405. The summed E-state index contributed by atoms with van der Waals surface area (Å²) < 4.78 is 1.19. The molecule has 3 heteroatoms. The Labute approximate surface area is 124 Å². The molecule has 0 aromatic heterocycles. The summed E-state index contributed by atoms with van der Waals surface area (Å²) in [4.78, 5) is 2.70. The highest BCUT2D eigenvalue weighted by Gasteiger charge is 2.38. The Hall–Kier alpha value is -0.540. The Morgan fingerprint density at radius 3 is 2.16 bits per heavy atom. The molecular formula is C16H23BrN2. The van der Waals surface area contributed by atoms with Gasteiger partial charge in [-0.05, 0) is 69.2 Å². The summed E-state index contributed by atoms with van der Waals surface area (Å²) in [6.45, 7) is 4.47. The largest absolute Gasteiger partial charge is 0.365 e. The van der Waals surface area contributed by atoms with E-state index >= 15 is 0 Å². The van der Waals surface area contributed by atoms with Crippen molar-refractivity contribution in [2.24, 2.45) is 5.73 Å². The third kappa shape index (κ3) is 2.43. The van der Waals surface area contributed by atoms with Crippen LogP contribution in [0.2, 0.25) is 0 Å². The van der Waals surface area contributed by atoms with E-state index in [1.54, 1.807) is 0 Å². The number of hydrogen-bond acceptors (Lipinski definition) is 2. The van der Waals surface area contributed by atoms with Crippen LogP contribution in [0.15, 0.2) is 16.6 Å². The Morgan fingerprint density at radius 1 is 1.11 bits per heavy atom. The monoisotopic (exact) mass is 322 g/mol. The summed E-state index contributed by atoms with van der Waals surface area (Å²) >= 11 is 3.60. The summed E-state index contributed by atoms with van der Waals surface area (Å²) in [6.07, 6.45) is 6.29. The van der Waals surface area contributed by atoms with Gasteiger partial charge < -0.3 is 10.6 Å². The minimum Gasteiger partial charge on any atom is -0.365 e. The van der Waals surface area contributed by atoms with Crippen molar-refractivity contribution in [1.29, 1.82) is 0 Å². The zero-order valence-electron chi connectivity index (χ0n) is 11.8. The van der Waals surface area contributed by atoms with Crippen molar-refractivity contribution >= 4 is 21.6 Å². The van der Waals surface area contributed by atoms with Gasteiger partial charge in [-0.1, -0.05) is 15.9 Å². The SMILES string of the molecule is Cc1cc(Br)cc(C)c1N1C2CCCC1CC(N)C2. The number of nitrogens with zero attached hydrogens (tertiary/aromatic N) is 1. The van der Waals surface area contributed by atoms with Crippen LogP contribution >= 0.6 is 15.9 Å². The first kappa shape index (κ1) is 13.4. The van der Waals surface area contributed by atoms with E-state index in [9.17, 15) is 0 Å². The molecule has 104 valence electrons. The Kier molecular flexibility index (Phi) is 3.61. The number of rotatable bonds is 1. The van der Waals surface area contributed by atoms with Crippen molar-refractivity contribution in [2.45, 2.75) is 64.1 Å². The van der Waals surface area contributed by atoms with Gasteiger partial charge in [0.25, 0.3) is 0 Å². The quantitative estimate of drug-likeness (QED) is 0.849. The fourth-order valence-corrected chi connectivity index (χ4v) is 4.79. The summed E-state index contributed by atoms with van der Waals surface area (Å²) in [7, 11) is 0. The highest BCUT2D eigenvalue weighted by molar-refractivity contribution is 9.10. The summed E-state index contributed by atoms with van der Waals surface area (Å²) in [5, 5.41) is 0. The van der Waals surface area contributed by atoms with Gasteiger partial charge in [0, 0.05) is 28.3 Å². The second-order valence-electron chi connectivity index (χ2n) is 6.27. The molecule has 2 bridgehead atoms. The fourth-order valence-electron chi connectivity index (χ4n) is 4.10. The molecule has 2 heterocycles. The number of nitrogens with two attached hydrogens (primary N) is 1. The molecule has 2 saturated heterocycles. The number of fused-ring (bicyclic) bond motifs is 2. The second kappa shape index (κ2) is 5.10. The van der Waals surface area contributed by atoms with E-state index in [1.165, 1.54) is 40.5 Å². The standard InChI is InChI=1S/C16H23BrN2/c1-10-6-12(17)7-11(2)16(10)19-14-4-3-5-15(19)9-13(18)8-14/h6-7,13-15H,3-5,8-9,18H2,1-2H3. The molecule has 19 heavy (non-hydrogen) atoms. The van der Waals surface area contributed by atoms with E-state index in [-0.39, 0.29) is 0 Å². The molecule has 2 unspecified atom stereocenters. The minimum atomic E-state index is 0.405. The van der Waals surface area contributed by atoms with Gasteiger partial charge in [-0.25, -0.2) is 0 Å². The van der Waals surface area contributed by atoms with E-state index in [2.05, 4.69) is 46.8 Å². The van der Waals surface area contributed by atoms with E-state index in [4.69, 9.17) is 5.73 Å². The first-order chi connectivity index (χ1) is 9.06. The van der Waals surface area contributed by atoms with Gasteiger partial charge in [-0.15, -0.1) is 0 Å². The van der Waals surface area contributed by atoms with Crippen molar-refractivity contribution in [3.63, 3.8) is 0 Å². The summed E-state index contributed by atoms with van der Waals surface area (Å²) in [5.41, 5.74) is 10.5. The normalized spacial score (nSPS) is 30.5. The molecule has 0 amide bonds. The van der Waals surface area contributed by atoms with Crippen LogP contribution in [-0.4, -0.2) is 18.1 Å². The van der Waals surface area contributed by atoms with Crippen LogP contribution in [0.3, 0.4) is 0 Å². The second-order valence-corrected chi connectivity index (χ2v) is 7.18. The number of aryl methyl sites for hydroxylation is 2. The molecule has 0 saturated carbocycles. The Bertz CT molecular complexity index is 449. The zero-order valence-corrected chi connectivity index (χ0v) is 13.4. The van der Waals surface area contributed by atoms with E-state index in [0.717, 1.165) is 12.8 Å². The van der Waals surface area contributed by atoms with Crippen molar-refractivity contribution in [3.05, 3.63) is 27.7 Å². The van der Waals surface area contributed by atoms with Gasteiger partial charge in [-0.3, -0.25) is 0 Å².